The summed E-state index contributed by atoms with van der Waals surface area (Å²) in [7, 11) is 0. The molecule has 3 fully saturated rings. The Labute approximate surface area is 181 Å². The predicted octanol–water partition coefficient (Wildman–Crippen LogP) is 3.06. The van der Waals surface area contributed by atoms with Crippen LogP contribution < -0.4 is 10.6 Å². The van der Waals surface area contributed by atoms with Crippen molar-refractivity contribution in [2.75, 3.05) is 18.4 Å². The number of nitrogens with zero attached hydrogens (tertiary/aromatic N) is 3. The predicted molar refractivity (Wildman–Crippen MR) is 108 cm³/mol. The van der Waals surface area contributed by atoms with Gasteiger partial charge >= 0.3 is 6.18 Å². The minimum absolute atomic E-state index is 0.0160. The van der Waals surface area contributed by atoms with Crippen LogP contribution in [0, 0.1) is 11.3 Å². The van der Waals surface area contributed by atoms with E-state index in [0.29, 0.717) is 42.0 Å². The molecular weight excluding hydrogens is 423 g/mol. The Kier molecular flexibility index (Phi) is 4.00. The molecule has 4 heterocycles. The molecule has 4 unspecified atom stereocenters. The SMILES string of the molecule is O=C(C1=C(c2ncco2)NCC=C1)N1CC2CC23CC(Nc2ccc(C(F)(F)F)cn2)C13. The number of hydrogen-bond acceptors (Lipinski definition) is 6. The van der Waals surface area contributed by atoms with E-state index in [2.05, 4.69) is 20.6 Å². The van der Waals surface area contributed by atoms with E-state index < -0.39 is 11.7 Å². The number of halogens is 3. The lowest BCUT2D eigenvalue weighted by Crippen LogP contribution is -2.60. The average Bonchev–Trinajstić information content (AvgIpc) is 3.14. The molecule has 2 N–H and O–H groups in total. The van der Waals surface area contributed by atoms with Gasteiger partial charge in [0.2, 0.25) is 5.89 Å². The van der Waals surface area contributed by atoms with E-state index in [0.717, 1.165) is 25.1 Å². The summed E-state index contributed by atoms with van der Waals surface area (Å²) in [4.78, 5) is 23.6. The number of carbonyl (C=O) groups is 1. The molecule has 2 aliphatic carbocycles. The Hall–Kier alpha value is -3.30. The first kappa shape index (κ1) is 19.4. The lowest BCUT2D eigenvalue weighted by Gasteiger charge is -2.48. The van der Waals surface area contributed by atoms with E-state index in [9.17, 15) is 18.0 Å². The lowest BCUT2D eigenvalue weighted by atomic mass is 9.71. The summed E-state index contributed by atoms with van der Waals surface area (Å²) in [5.41, 5.74) is 0.420. The van der Waals surface area contributed by atoms with Crippen LogP contribution in [0.3, 0.4) is 0 Å². The summed E-state index contributed by atoms with van der Waals surface area (Å²) in [6, 6.07) is 2.29. The second kappa shape index (κ2) is 6.60. The highest BCUT2D eigenvalue weighted by molar-refractivity contribution is 6.04. The fourth-order valence-electron chi connectivity index (χ4n) is 5.58. The first-order valence-corrected chi connectivity index (χ1v) is 10.5. The number of oxazole rings is 1. The van der Waals surface area contributed by atoms with E-state index in [1.165, 1.54) is 18.5 Å². The molecule has 7 nitrogen and oxygen atoms in total. The van der Waals surface area contributed by atoms with Crippen molar-refractivity contribution in [3.63, 3.8) is 0 Å². The third-order valence-corrected chi connectivity index (χ3v) is 7.11. The Bertz CT molecular complexity index is 1130. The highest BCUT2D eigenvalue weighted by atomic mass is 19.4. The van der Waals surface area contributed by atoms with Crippen LogP contribution in [0.25, 0.3) is 5.70 Å². The van der Waals surface area contributed by atoms with E-state index >= 15 is 0 Å². The number of piperidine rings is 1. The minimum atomic E-state index is -4.42. The van der Waals surface area contributed by atoms with Crippen LogP contribution in [0.5, 0.6) is 0 Å². The van der Waals surface area contributed by atoms with Gasteiger partial charge in [-0.1, -0.05) is 6.08 Å². The van der Waals surface area contributed by atoms with E-state index in [1.54, 1.807) is 6.08 Å². The van der Waals surface area contributed by atoms with Crippen molar-refractivity contribution >= 4 is 17.4 Å². The molecule has 4 atom stereocenters. The first-order chi connectivity index (χ1) is 15.4. The summed E-state index contributed by atoms with van der Waals surface area (Å²) < 4.78 is 43.8. The Morgan fingerprint density at radius 1 is 1.28 bits per heavy atom. The number of dihydropyridines is 1. The normalized spacial score (nSPS) is 30.3. The third-order valence-electron chi connectivity index (χ3n) is 7.11. The molecule has 2 saturated carbocycles. The van der Waals surface area contributed by atoms with Crippen molar-refractivity contribution in [3.05, 3.63) is 60.0 Å². The van der Waals surface area contributed by atoms with E-state index in [1.807, 2.05) is 11.0 Å². The van der Waals surface area contributed by atoms with Gasteiger partial charge in [-0.25, -0.2) is 9.97 Å². The van der Waals surface area contributed by atoms with Gasteiger partial charge in [0.15, 0.2) is 0 Å². The van der Waals surface area contributed by atoms with Crippen molar-refractivity contribution in [3.8, 4) is 0 Å². The first-order valence-electron chi connectivity index (χ1n) is 10.5. The number of pyridine rings is 1. The molecule has 6 rings (SSSR count). The average molecular weight is 443 g/mol. The molecule has 1 spiro atoms. The molecule has 4 aliphatic rings. The van der Waals surface area contributed by atoms with Gasteiger partial charge in [0.05, 0.1) is 23.4 Å². The van der Waals surface area contributed by atoms with Gasteiger partial charge in [0.25, 0.3) is 5.91 Å². The topological polar surface area (TPSA) is 83.3 Å². The molecule has 166 valence electrons. The quantitative estimate of drug-likeness (QED) is 0.756. The maximum Gasteiger partial charge on any atom is 0.417 e. The van der Waals surface area contributed by atoms with E-state index in [4.69, 9.17) is 4.42 Å². The van der Waals surface area contributed by atoms with Gasteiger partial charge in [0, 0.05) is 25.3 Å². The molecule has 0 bridgehead atoms. The number of aromatic nitrogens is 2. The smallest absolute Gasteiger partial charge is 0.417 e. The number of amides is 1. The Morgan fingerprint density at radius 3 is 2.88 bits per heavy atom. The maximum atomic E-state index is 13.6. The molecule has 2 aromatic rings. The number of hydrogen-bond donors (Lipinski definition) is 2. The molecule has 1 saturated heterocycles. The summed E-state index contributed by atoms with van der Waals surface area (Å²) >= 11 is 0. The summed E-state index contributed by atoms with van der Waals surface area (Å²) in [5.74, 6) is 1.13. The number of rotatable bonds is 4. The standard InChI is InChI=1S/C22H20F3N5O2/c23-22(24,25)12-3-4-16(28-10-12)29-15-9-21-8-13(21)11-30(18(15)21)20(31)14-2-1-5-26-17(14)19-27-6-7-32-19/h1-4,6-7,10,13,15,18,26H,5,8-9,11H2,(H,28,29). The van der Waals surface area contributed by atoms with Crippen molar-refractivity contribution in [1.82, 2.24) is 20.2 Å². The minimum Gasteiger partial charge on any atom is -0.443 e. The second-order valence-electron chi connectivity index (χ2n) is 8.83. The van der Waals surface area contributed by atoms with Gasteiger partial charge < -0.3 is 20.0 Å². The highest BCUT2D eigenvalue weighted by Crippen LogP contribution is 2.71. The fourth-order valence-corrected chi connectivity index (χ4v) is 5.58. The van der Waals surface area contributed by atoms with Crippen molar-refractivity contribution < 1.29 is 22.4 Å². The van der Waals surface area contributed by atoms with Gasteiger partial charge in [-0.15, -0.1) is 0 Å². The summed E-state index contributed by atoms with van der Waals surface area (Å²) in [6.07, 6.45) is 5.07. The van der Waals surface area contributed by atoms with Crippen LogP contribution in [0.15, 0.2) is 52.9 Å². The van der Waals surface area contributed by atoms with Crippen molar-refractivity contribution in [2.45, 2.75) is 31.1 Å². The highest BCUT2D eigenvalue weighted by Gasteiger charge is 2.75. The van der Waals surface area contributed by atoms with Crippen molar-refractivity contribution in [1.29, 1.82) is 0 Å². The van der Waals surface area contributed by atoms with Crippen LogP contribution in [0.1, 0.15) is 24.3 Å². The van der Waals surface area contributed by atoms with Gasteiger partial charge in [-0.3, -0.25) is 4.79 Å². The van der Waals surface area contributed by atoms with Gasteiger partial charge in [0.1, 0.15) is 17.8 Å². The molecule has 10 heteroatoms. The molecule has 32 heavy (non-hydrogen) atoms. The third kappa shape index (κ3) is 2.85. The number of anilines is 1. The Balaban J connectivity index is 1.24. The molecule has 2 aromatic heterocycles. The van der Waals surface area contributed by atoms with Crippen LogP contribution in [-0.2, 0) is 11.0 Å². The largest absolute Gasteiger partial charge is 0.443 e. The summed E-state index contributed by atoms with van der Waals surface area (Å²) in [5, 5.41) is 6.43. The number of alkyl halides is 3. The molecule has 1 amide bonds. The van der Waals surface area contributed by atoms with Crippen LogP contribution >= 0.6 is 0 Å². The van der Waals surface area contributed by atoms with E-state index in [-0.39, 0.29) is 23.4 Å². The molecular formula is C22H20F3N5O2. The monoisotopic (exact) mass is 443 g/mol. The Morgan fingerprint density at radius 2 is 2.16 bits per heavy atom. The van der Waals surface area contributed by atoms with Crippen molar-refractivity contribution in [2.24, 2.45) is 11.3 Å². The lowest BCUT2D eigenvalue weighted by molar-refractivity contribution is -0.137. The zero-order chi connectivity index (χ0) is 22.1. The van der Waals surface area contributed by atoms with Crippen LogP contribution in [-0.4, -0.2) is 45.9 Å². The van der Waals surface area contributed by atoms with Crippen LogP contribution in [0.2, 0.25) is 0 Å². The maximum absolute atomic E-state index is 13.6. The number of likely N-dealkylation sites (tertiary alicyclic amines) is 1. The molecule has 0 aromatic carbocycles. The zero-order valence-corrected chi connectivity index (χ0v) is 16.9. The number of nitrogens with one attached hydrogen (secondary N) is 2. The zero-order valence-electron chi connectivity index (χ0n) is 16.9. The molecule has 0 radical (unpaired) electrons. The summed E-state index contributed by atoms with van der Waals surface area (Å²) in [6.45, 7) is 1.26. The number of carbonyl (C=O) groups excluding carboxylic acids is 1. The fraction of sp³-hybridized carbons (Fsp3) is 0.409. The molecule has 2 aliphatic heterocycles. The van der Waals surface area contributed by atoms with Gasteiger partial charge in [-0.2, -0.15) is 13.2 Å². The van der Waals surface area contributed by atoms with Gasteiger partial charge in [-0.05, 0) is 42.4 Å². The second-order valence-corrected chi connectivity index (χ2v) is 8.83. The van der Waals surface area contributed by atoms with Crippen LogP contribution in [0.4, 0.5) is 19.0 Å².